The van der Waals surface area contributed by atoms with Crippen LogP contribution in [0.3, 0.4) is 0 Å². The van der Waals surface area contributed by atoms with E-state index in [9.17, 15) is 9.90 Å². The van der Waals surface area contributed by atoms with Gasteiger partial charge < -0.3 is 9.84 Å². The molecule has 7 heteroatoms. The first-order valence-electron chi connectivity index (χ1n) is 3.44. The first kappa shape index (κ1) is 7.59. The minimum atomic E-state index is -0.444. The predicted octanol–water partition coefficient (Wildman–Crippen LogP) is -0.868. The first-order valence-corrected chi connectivity index (χ1v) is 3.44. The standard InChI is InChI=1S/C6H6N4O3/c1-13-6-8-5-7-3(11)2-4(12)10(5)9-6/h2,12H,1H3,(H,7,8,9,11). The molecule has 68 valence electrons. The average Bonchev–Trinajstić information content (AvgIpc) is 2.47. The van der Waals surface area contributed by atoms with Crippen molar-refractivity contribution in [2.75, 3.05) is 7.11 Å². The lowest BCUT2D eigenvalue weighted by atomic mass is 10.6. The maximum absolute atomic E-state index is 10.9. The molecule has 2 N–H and O–H groups in total. The fourth-order valence-corrected chi connectivity index (χ4v) is 0.945. The molecule has 0 fully saturated rings. The third-order valence-corrected chi connectivity index (χ3v) is 1.48. The van der Waals surface area contributed by atoms with Crippen molar-refractivity contribution < 1.29 is 9.84 Å². The number of hydrogen-bond donors (Lipinski definition) is 2. The number of methoxy groups -OCH3 is 1. The van der Waals surface area contributed by atoms with Crippen molar-refractivity contribution in [1.82, 2.24) is 19.6 Å². The largest absolute Gasteiger partial charge is 0.493 e. The van der Waals surface area contributed by atoms with Crippen molar-refractivity contribution in [2.24, 2.45) is 0 Å². The van der Waals surface area contributed by atoms with Gasteiger partial charge in [0.25, 0.3) is 5.56 Å². The Hall–Kier alpha value is -2.05. The van der Waals surface area contributed by atoms with Crippen LogP contribution in [0.4, 0.5) is 0 Å². The Morgan fingerprint density at radius 3 is 3.15 bits per heavy atom. The third-order valence-electron chi connectivity index (χ3n) is 1.48. The number of aromatic hydroxyl groups is 1. The Bertz CT molecular complexity index is 500. The van der Waals surface area contributed by atoms with Crippen LogP contribution in [0.5, 0.6) is 11.9 Å². The van der Waals surface area contributed by atoms with Crippen LogP contribution in [0.15, 0.2) is 10.9 Å². The summed E-state index contributed by atoms with van der Waals surface area (Å²) in [5.74, 6) is -0.142. The molecule has 13 heavy (non-hydrogen) atoms. The van der Waals surface area contributed by atoms with Gasteiger partial charge in [0, 0.05) is 0 Å². The Labute approximate surface area is 71.6 Å². The quantitative estimate of drug-likeness (QED) is 0.598. The first-order chi connectivity index (χ1) is 6.20. The molecule has 2 aromatic heterocycles. The number of hydrogen-bond acceptors (Lipinski definition) is 5. The molecule has 2 rings (SSSR count). The van der Waals surface area contributed by atoms with Gasteiger partial charge in [-0.3, -0.25) is 9.78 Å². The maximum atomic E-state index is 10.9. The second-order valence-corrected chi connectivity index (χ2v) is 2.33. The molecule has 0 aliphatic carbocycles. The van der Waals surface area contributed by atoms with Gasteiger partial charge in [-0.05, 0) is 0 Å². The molecule has 0 bridgehead atoms. The Morgan fingerprint density at radius 2 is 2.46 bits per heavy atom. The van der Waals surface area contributed by atoms with Crippen molar-refractivity contribution >= 4 is 5.78 Å². The van der Waals surface area contributed by atoms with E-state index >= 15 is 0 Å². The zero-order chi connectivity index (χ0) is 9.42. The highest BCUT2D eigenvalue weighted by Gasteiger charge is 2.07. The highest BCUT2D eigenvalue weighted by Crippen LogP contribution is 2.09. The van der Waals surface area contributed by atoms with Crippen LogP contribution in [0.25, 0.3) is 5.78 Å². The van der Waals surface area contributed by atoms with E-state index in [1.807, 2.05) is 0 Å². The molecule has 0 saturated carbocycles. The molecule has 0 radical (unpaired) electrons. The van der Waals surface area contributed by atoms with Crippen LogP contribution in [-0.2, 0) is 0 Å². The summed E-state index contributed by atoms with van der Waals surface area (Å²) in [6.07, 6.45) is 0. The van der Waals surface area contributed by atoms with Crippen molar-refractivity contribution in [3.05, 3.63) is 16.4 Å². The van der Waals surface area contributed by atoms with Crippen LogP contribution < -0.4 is 10.3 Å². The average molecular weight is 182 g/mol. The molecule has 0 aliphatic rings. The fraction of sp³-hybridized carbons (Fsp3) is 0.167. The van der Waals surface area contributed by atoms with Crippen LogP contribution in [0, 0.1) is 0 Å². The molecular formula is C6H6N4O3. The van der Waals surface area contributed by atoms with Gasteiger partial charge in [0.2, 0.25) is 11.7 Å². The summed E-state index contributed by atoms with van der Waals surface area (Å²) in [6, 6.07) is 1.08. The Kier molecular flexibility index (Phi) is 1.44. The predicted molar refractivity (Wildman–Crippen MR) is 41.8 cm³/mol. The van der Waals surface area contributed by atoms with Gasteiger partial charge in [0.05, 0.1) is 13.2 Å². The van der Waals surface area contributed by atoms with Crippen LogP contribution >= 0.6 is 0 Å². The van der Waals surface area contributed by atoms with E-state index < -0.39 is 5.56 Å². The monoisotopic (exact) mass is 182 g/mol. The van der Waals surface area contributed by atoms with Crippen molar-refractivity contribution in [3.8, 4) is 11.9 Å². The van der Waals surface area contributed by atoms with Crippen LogP contribution in [0.1, 0.15) is 0 Å². The molecule has 0 aromatic carbocycles. The summed E-state index contributed by atoms with van der Waals surface area (Å²) in [6.45, 7) is 0. The highest BCUT2D eigenvalue weighted by molar-refractivity contribution is 5.31. The molecule has 0 unspecified atom stereocenters. The summed E-state index contributed by atoms with van der Waals surface area (Å²) in [5.41, 5.74) is -0.444. The summed E-state index contributed by atoms with van der Waals surface area (Å²) in [5, 5.41) is 13.0. The molecule has 7 nitrogen and oxygen atoms in total. The Morgan fingerprint density at radius 1 is 1.69 bits per heavy atom. The van der Waals surface area contributed by atoms with Crippen molar-refractivity contribution in [2.45, 2.75) is 0 Å². The number of fused-ring (bicyclic) bond motifs is 1. The molecule has 0 spiro atoms. The molecule has 0 atom stereocenters. The lowest BCUT2D eigenvalue weighted by Gasteiger charge is -1.92. The number of rotatable bonds is 1. The number of nitrogens with one attached hydrogen (secondary N) is 1. The fourth-order valence-electron chi connectivity index (χ4n) is 0.945. The van der Waals surface area contributed by atoms with Gasteiger partial charge in [-0.1, -0.05) is 0 Å². The van der Waals surface area contributed by atoms with Crippen molar-refractivity contribution in [3.63, 3.8) is 0 Å². The van der Waals surface area contributed by atoms with Gasteiger partial charge in [0.15, 0.2) is 0 Å². The topological polar surface area (TPSA) is 92.5 Å². The molecule has 0 aliphatic heterocycles. The van der Waals surface area contributed by atoms with Crippen LogP contribution in [-0.4, -0.2) is 31.8 Å². The second-order valence-electron chi connectivity index (χ2n) is 2.33. The zero-order valence-corrected chi connectivity index (χ0v) is 6.68. The van der Waals surface area contributed by atoms with Crippen molar-refractivity contribution in [1.29, 1.82) is 0 Å². The van der Waals surface area contributed by atoms with E-state index in [1.165, 1.54) is 7.11 Å². The van der Waals surface area contributed by atoms with E-state index in [2.05, 4.69) is 15.1 Å². The second kappa shape index (κ2) is 2.47. The molecule has 0 saturated heterocycles. The number of nitrogens with zero attached hydrogens (tertiary/aromatic N) is 3. The normalized spacial score (nSPS) is 10.5. The maximum Gasteiger partial charge on any atom is 0.337 e. The lowest BCUT2D eigenvalue weighted by molar-refractivity contribution is 0.375. The van der Waals surface area contributed by atoms with Gasteiger partial charge in [-0.25, -0.2) is 0 Å². The van der Waals surface area contributed by atoms with E-state index in [0.717, 1.165) is 10.6 Å². The van der Waals surface area contributed by atoms with Gasteiger partial charge in [0.1, 0.15) is 0 Å². The molecule has 2 aromatic rings. The van der Waals surface area contributed by atoms with E-state index in [-0.39, 0.29) is 17.7 Å². The van der Waals surface area contributed by atoms with Crippen LogP contribution in [0.2, 0.25) is 0 Å². The summed E-state index contributed by atoms with van der Waals surface area (Å²) in [7, 11) is 1.39. The minimum Gasteiger partial charge on any atom is -0.493 e. The number of aromatic nitrogens is 4. The minimum absolute atomic E-state index is 0.0807. The highest BCUT2D eigenvalue weighted by atomic mass is 16.5. The summed E-state index contributed by atoms with van der Waals surface area (Å²) in [4.78, 5) is 17.0. The molecule has 0 amide bonds. The van der Waals surface area contributed by atoms with E-state index in [0.29, 0.717) is 0 Å². The van der Waals surface area contributed by atoms with Gasteiger partial charge in [-0.15, -0.1) is 5.10 Å². The van der Waals surface area contributed by atoms with Gasteiger partial charge >= 0.3 is 6.01 Å². The SMILES string of the molecule is COc1nc2[nH]c(=O)cc(O)n2n1. The van der Waals surface area contributed by atoms with Gasteiger partial charge in [-0.2, -0.15) is 9.50 Å². The number of aromatic amines is 1. The number of H-pyrrole nitrogens is 1. The zero-order valence-electron chi connectivity index (χ0n) is 6.68. The lowest BCUT2D eigenvalue weighted by Crippen LogP contribution is -2.07. The third kappa shape index (κ3) is 1.10. The summed E-state index contributed by atoms with van der Waals surface area (Å²) >= 11 is 0. The summed E-state index contributed by atoms with van der Waals surface area (Å²) < 4.78 is 5.79. The molecule has 2 heterocycles. The van der Waals surface area contributed by atoms with E-state index in [1.54, 1.807) is 0 Å². The Balaban J connectivity index is 2.83. The smallest absolute Gasteiger partial charge is 0.337 e. The number of ether oxygens (including phenoxy) is 1. The van der Waals surface area contributed by atoms with E-state index in [4.69, 9.17) is 4.74 Å². The molecular weight excluding hydrogens is 176 g/mol.